The molecule has 4 rings (SSSR count). The lowest BCUT2D eigenvalue weighted by Crippen LogP contribution is -2.19. The number of fused-ring (bicyclic) bond motifs is 1. The molecule has 1 N–H and O–H groups in total. The van der Waals surface area contributed by atoms with Gasteiger partial charge in [-0.1, -0.05) is 76.9 Å². The average molecular weight is 413 g/mol. The van der Waals surface area contributed by atoms with E-state index in [1.54, 1.807) is 4.68 Å². The van der Waals surface area contributed by atoms with Crippen molar-refractivity contribution in [3.63, 3.8) is 0 Å². The lowest BCUT2D eigenvalue weighted by Gasteiger charge is -2.14. The number of anilines is 1. The summed E-state index contributed by atoms with van der Waals surface area (Å²) in [4.78, 5) is 0. The number of aromatic nitrogens is 5. The largest absolute Gasteiger partial charge is 0.364 e. The SMILES string of the molecule is C[C@@H](Cc1ccccc1)Nc1nnc(Cl)c2c1nnn2Cc1ccccc1Cl. The third-order valence-corrected chi connectivity index (χ3v) is 5.06. The number of halogens is 2. The van der Waals surface area contributed by atoms with Crippen molar-refractivity contribution in [1.82, 2.24) is 25.2 Å². The Morgan fingerprint density at radius 2 is 1.71 bits per heavy atom. The molecule has 2 heterocycles. The molecular weight excluding hydrogens is 395 g/mol. The van der Waals surface area contributed by atoms with Gasteiger partial charge in [-0.15, -0.1) is 15.3 Å². The molecule has 0 aliphatic carbocycles. The molecule has 0 radical (unpaired) electrons. The van der Waals surface area contributed by atoms with E-state index in [4.69, 9.17) is 23.2 Å². The van der Waals surface area contributed by atoms with Crippen molar-refractivity contribution in [3.8, 4) is 0 Å². The number of benzene rings is 2. The van der Waals surface area contributed by atoms with Crippen molar-refractivity contribution >= 4 is 40.1 Å². The molecule has 0 aliphatic heterocycles. The molecule has 8 heteroatoms. The highest BCUT2D eigenvalue weighted by atomic mass is 35.5. The van der Waals surface area contributed by atoms with Gasteiger partial charge in [0.15, 0.2) is 16.5 Å². The van der Waals surface area contributed by atoms with Crippen LogP contribution in [0.5, 0.6) is 0 Å². The first-order chi connectivity index (χ1) is 13.6. The fraction of sp³-hybridized carbons (Fsp3) is 0.200. The molecule has 6 nitrogen and oxygen atoms in total. The molecule has 1 atom stereocenters. The third kappa shape index (κ3) is 3.93. The van der Waals surface area contributed by atoms with Gasteiger partial charge in [0.25, 0.3) is 0 Å². The first kappa shape index (κ1) is 18.7. The number of hydrogen-bond donors (Lipinski definition) is 1. The van der Waals surface area contributed by atoms with Gasteiger partial charge in [-0.25, -0.2) is 4.68 Å². The van der Waals surface area contributed by atoms with Gasteiger partial charge in [0.2, 0.25) is 0 Å². The van der Waals surface area contributed by atoms with E-state index in [0.717, 1.165) is 12.0 Å². The normalized spacial score (nSPS) is 12.2. The van der Waals surface area contributed by atoms with Crippen molar-refractivity contribution in [3.05, 3.63) is 75.9 Å². The molecule has 0 aliphatic rings. The van der Waals surface area contributed by atoms with E-state index in [2.05, 4.69) is 44.9 Å². The highest BCUT2D eigenvalue weighted by Crippen LogP contribution is 2.26. The number of rotatable bonds is 6. The molecular formula is C20H18Cl2N6. The monoisotopic (exact) mass is 412 g/mol. The van der Waals surface area contributed by atoms with E-state index in [-0.39, 0.29) is 11.2 Å². The molecule has 2 aromatic heterocycles. The molecule has 0 bridgehead atoms. The van der Waals surface area contributed by atoms with Gasteiger partial charge in [0, 0.05) is 11.1 Å². The summed E-state index contributed by atoms with van der Waals surface area (Å²) in [5, 5.41) is 21.1. The quantitative estimate of drug-likeness (QED) is 0.500. The highest BCUT2D eigenvalue weighted by molar-refractivity contribution is 6.34. The minimum Gasteiger partial charge on any atom is -0.364 e. The fourth-order valence-corrected chi connectivity index (χ4v) is 3.53. The lowest BCUT2D eigenvalue weighted by atomic mass is 10.1. The van der Waals surface area contributed by atoms with Crippen LogP contribution in [0.25, 0.3) is 11.0 Å². The number of nitrogens with one attached hydrogen (secondary N) is 1. The Hall–Kier alpha value is -2.70. The van der Waals surface area contributed by atoms with Gasteiger partial charge in [-0.3, -0.25) is 0 Å². The van der Waals surface area contributed by atoms with Crippen molar-refractivity contribution in [1.29, 1.82) is 0 Å². The standard InChI is InChI=1S/C20H18Cl2N6/c1-13(11-14-7-3-2-4-8-14)23-20-17-18(19(22)25-26-20)28(27-24-17)12-15-9-5-6-10-16(15)21/h2-10,13H,11-12H2,1H3,(H,23,26)/t13-/m0/s1. The van der Waals surface area contributed by atoms with E-state index < -0.39 is 0 Å². The molecule has 4 aromatic rings. The van der Waals surface area contributed by atoms with Crippen molar-refractivity contribution in [2.75, 3.05) is 5.32 Å². The summed E-state index contributed by atoms with van der Waals surface area (Å²) in [6.45, 7) is 2.53. The second-order valence-electron chi connectivity index (χ2n) is 6.61. The summed E-state index contributed by atoms with van der Waals surface area (Å²) in [5.41, 5.74) is 3.39. The Kier molecular flexibility index (Phi) is 5.41. The molecule has 0 spiro atoms. The van der Waals surface area contributed by atoms with Gasteiger partial charge >= 0.3 is 0 Å². The zero-order valence-corrected chi connectivity index (χ0v) is 16.7. The van der Waals surface area contributed by atoms with Crippen molar-refractivity contribution in [2.45, 2.75) is 25.9 Å². The van der Waals surface area contributed by atoms with Crippen LogP contribution in [0, 0.1) is 0 Å². The van der Waals surface area contributed by atoms with Gasteiger partial charge in [-0.05, 0) is 30.5 Å². The summed E-state index contributed by atoms with van der Waals surface area (Å²) >= 11 is 12.6. The maximum absolute atomic E-state index is 6.31. The number of hydrogen-bond acceptors (Lipinski definition) is 5. The minimum absolute atomic E-state index is 0.134. The molecule has 0 unspecified atom stereocenters. The Balaban J connectivity index is 1.61. The van der Waals surface area contributed by atoms with Crippen LogP contribution in [0.1, 0.15) is 18.1 Å². The first-order valence-electron chi connectivity index (χ1n) is 8.91. The van der Waals surface area contributed by atoms with Crippen LogP contribution < -0.4 is 5.32 Å². The maximum Gasteiger partial charge on any atom is 0.179 e. The van der Waals surface area contributed by atoms with Crippen molar-refractivity contribution in [2.24, 2.45) is 0 Å². The first-order valence-corrected chi connectivity index (χ1v) is 9.66. The lowest BCUT2D eigenvalue weighted by molar-refractivity contribution is 0.669. The summed E-state index contributed by atoms with van der Waals surface area (Å²) in [6, 6.07) is 18.0. The molecule has 2 aromatic carbocycles. The van der Waals surface area contributed by atoms with E-state index in [1.165, 1.54) is 5.56 Å². The van der Waals surface area contributed by atoms with E-state index in [0.29, 0.717) is 28.4 Å². The molecule has 0 saturated carbocycles. The van der Waals surface area contributed by atoms with E-state index in [9.17, 15) is 0 Å². The van der Waals surface area contributed by atoms with Crippen LogP contribution in [0.2, 0.25) is 10.2 Å². The zero-order valence-electron chi connectivity index (χ0n) is 15.2. The summed E-state index contributed by atoms with van der Waals surface area (Å²) in [5.74, 6) is 0.563. The molecule has 0 fully saturated rings. The minimum atomic E-state index is 0.134. The molecule has 0 saturated heterocycles. The van der Waals surface area contributed by atoms with Crippen molar-refractivity contribution < 1.29 is 0 Å². The third-order valence-electron chi connectivity index (χ3n) is 4.44. The smallest absolute Gasteiger partial charge is 0.179 e. The Labute approximate surface area is 172 Å². The van der Waals surface area contributed by atoms with Gasteiger partial charge in [0.1, 0.15) is 5.52 Å². The Morgan fingerprint density at radius 1 is 0.964 bits per heavy atom. The van der Waals surface area contributed by atoms with Crippen LogP contribution in [0.3, 0.4) is 0 Å². The predicted molar refractivity (Wildman–Crippen MR) is 112 cm³/mol. The molecule has 28 heavy (non-hydrogen) atoms. The maximum atomic E-state index is 6.31. The topological polar surface area (TPSA) is 68.5 Å². The predicted octanol–water partition coefficient (Wildman–Crippen LogP) is 4.62. The van der Waals surface area contributed by atoms with Crippen LogP contribution in [-0.4, -0.2) is 31.2 Å². The molecule has 142 valence electrons. The summed E-state index contributed by atoms with van der Waals surface area (Å²) in [7, 11) is 0. The second-order valence-corrected chi connectivity index (χ2v) is 7.38. The summed E-state index contributed by atoms with van der Waals surface area (Å²) < 4.78 is 1.70. The Bertz CT molecular complexity index is 1100. The molecule has 0 amide bonds. The van der Waals surface area contributed by atoms with Crippen LogP contribution >= 0.6 is 23.2 Å². The van der Waals surface area contributed by atoms with Crippen LogP contribution in [0.15, 0.2) is 54.6 Å². The number of nitrogens with zero attached hydrogens (tertiary/aromatic N) is 5. The van der Waals surface area contributed by atoms with E-state index >= 15 is 0 Å². The summed E-state index contributed by atoms with van der Waals surface area (Å²) in [6.07, 6.45) is 0.848. The van der Waals surface area contributed by atoms with Gasteiger partial charge < -0.3 is 5.32 Å². The Morgan fingerprint density at radius 3 is 2.50 bits per heavy atom. The average Bonchev–Trinajstić information content (AvgIpc) is 3.11. The van der Waals surface area contributed by atoms with E-state index in [1.807, 2.05) is 42.5 Å². The zero-order chi connectivity index (χ0) is 19.5. The second kappa shape index (κ2) is 8.12. The van der Waals surface area contributed by atoms with Gasteiger partial charge in [-0.2, -0.15) is 0 Å². The van der Waals surface area contributed by atoms with Crippen LogP contribution in [-0.2, 0) is 13.0 Å². The highest BCUT2D eigenvalue weighted by Gasteiger charge is 2.18. The fourth-order valence-electron chi connectivity index (χ4n) is 3.11. The van der Waals surface area contributed by atoms with Gasteiger partial charge in [0.05, 0.1) is 6.54 Å². The van der Waals surface area contributed by atoms with Crippen LogP contribution in [0.4, 0.5) is 5.82 Å².